The first-order valence-corrected chi connectivity index (χ1v) is 12.7. The Hall–Kier alpha value is -3.39. The Labute approximate surface area is 220 Å². The SMILES string of the molecule is CC(=O)c1cnc2ccc(-c3cc(F)c(O)c(Cl)c3)cc2c1NC1CCC(NC(=O)OC(C)(C)C)CC1. The fraction of sp³-hybridized carbons (Fsp3) is 0.393. The number of fused-ring (bicyclic) bond motifs is 1. The van der Waals surface area contributed by atoms with E-state index in [4.69, 9.17) is 16.3 Å². The van der Waals surface area contributed by atoms with E-state index in [0.717, 1.165) is 31.1 Å². The van der Waals surface area contributed by atoms with Crippen LogP contribution in [0.15, 0.2) is 36.5 Å². The van der Waals surface area contributed by atoms with Gasteiger partial charge in [0.1, 0.15) is 5.60 Å². The molecule has 7 nitrogen and oxygen atoms in total. The van der Waals surface area contributed by atoms with E-state index in [1.807, 2.05) is 26.8 Å². The number of benzene rings is 2. The minimum atomic E-state index is -0.812. The Bertz CT molecular complexity index is 1320. The Balaban J connectivity index is 1.59. The van der Waals surface area contributed by atoms with E-state index < -0.39 is 23.3 Å². The van der Waals surface area contributed by atoms with Crippen LogP contribution in [0.2, 0.25) is 5.02 Å². The molecule has 1 aromatic heterocycles. The van der Waals surface area contributed by atoms with Gasteiger partial charge in [0.15, 0.2) is 17.3 Å². The van der Waals surface area contributed by atoms with Gasteiger partial charge in [0.05, 0.1) is 21.8 Å². The summed E-state index contributed by atoms with van der Waals surface area (Å²) in [7, 11) is 0. The second-order valence-corrected chi connectivity index (χ2v) is 10.9. The van der Waals surface area contributed by atoms with Gasteiger partial charge in [-0.15, -0.1) is 0 Å². The number of aromatic nitrogens is 1. The third kappa shape index (κ3) is 6.31. The van der Waals surface area contributed by atoms with Crippen molar-refractivity contribution in [3.63, 3.8) is 0 Å². The number of Topliss-reactive ketones (excluding diaryl/α,β-unsaturated/α-hetero) is 1. The summed E-state index contributed by atoms with van der Waals surface area (Å²) in [5, 5.41) is 16.8. The number of ketones is 1. The maximum absolute atomic E-state index is 14.2. The molecular formula is C28H31ClFN3O4. The zero-order chi connectivity index (χ0) is 26.9. The van der Waals surface area contributed by atoms with Crippen molar-refractivity contribution in [1.29, 1.82) is 0 Å². The van der Waals surface area contributed by atoms with E-state index in [1.54, 1.807) is 18.3 Å². The van der Waals surface area contributed by atoms with Crippen molar-refractivity contribution in [2.45, 2.75) is 71.1 Å². The largest absolute Gasteiger partial charge is 0.504 e. The molecule has 0 spiro atoms. The Kier molecular flexibility index (Phi) is 7.59. The molecule has 1 saturated carbocycles. The highest BCUT2D eigenvalue weighted by Crippen LogP contribution is 2.36. The van der Waals surface area contributed by atoms with E-state index in [0.29, 0.717) is 27.9 Å². The quantitative estimate of drug-likeness (QED) is 0.314. The molecule has 0 atom stereocenters. The smallest absolute Gasteiger partial charge is 0.407 e. The number of phenolic OH excluding ortho intramolecular Hbond substituents is 1. The lowest BCUT2D eigenvalue weighted by atomic mass is 9.90. The predicted octanol–water partition coefficient (Wildman–Crippen LogP) is 6.85. The van der Waals surface area contributed by atoms with E-state index in [-0.39, 0.29) is 22.9 Å². The molecule has 196 valence electrons. The van der Waals surface area contributed by atoms with Crippen molar-refractivity contribution in [3.05, 3.63) is 52.9 Å². The lowest BCUT2D eigenvalue weighted by molar-refractivity contribution is 0.0492. The third-order valence-electron chi connectivity index (χ3n) is 6.39. The summed E-state index contributed by atoms with van der Waals surface area (Å²) in [6.45, 7) is 6.99. The van der Waals surface area contributed by atoms with Crippen LogP contribution in [0, 0.1) is 5.82 Å². The van der Waals surface area contributed by atoms with E-state index in [9.17, 15) is 19.1 Å². The van der Waals surface area contributed by atoms with Gasteiger partial charge in [-0.1, -0.05) is 17.7 Å². The number of hydrogen-bond donors (Lipinski definition) is 3. The highest BCUT2D eigenvalue weighted by atomic mass is 35.5. The van der Waals surface area contributed by atoms with Gasteiger partial charge in [-0.25, -0.2) is 9.18 Å². The second kappa shape index (κ2) is 10.5. The maximum Gasteiger partial charge on any atom is 0.407 e. The van der Waals surface area contributed by atoms with Gasteiger partial charge in [-0.2, -0.15) is 0 Å². The molecule has 37 heavy (non-hydrogen) atoms. The number of phenols is 1. The standard InChI is InChI=1S/C28H31ClFN3O4/c1-15(34)21-14-31-24-10-5-16(17-12-22(29)26(35)23(30)13-17)11-20(24)25(21)32-18-6-8-19(9-7-18)33-27(36)37-28(2,3)4/h5,10-14,18-19,35H,6-9H2,1-4H3,(H,31,32)(H,33,36). The van der Waals surface area contributed by atoms with Gasteiger partial charge in [0.2, 0.25) is 0 Å². The molecule has 0 unspecified atom stereocenters. The zero-order valence-electron chi connectivity index (χ0n) is 21.3. The van der Waals surface area contributed by atoms with Gasteiger partial charge in [0, 0.05) is 23.7 Å². The number of alkyl carbamates (subject to hydrolysis) is 1. The lowest BCUT2D eigenvalue weighted by Crippen LogP contribution is -2.42. The number of halogens is 2. The molecule has 9 heteroatoms. The average Bonchev–Trinajstić information content (AvgIpc) is 2.82. The van der Waals surface area contributed by atoms with Crippen molar-refractivity contribution in [1.82, 2.24) is 10.3 Å². The van der Waals surface area contributed by atoms with Crippen LogP contribution in [0.1, 0.15) is 63.7 Å². The Morgan fingerprint density at radius 1 is 1.08 bits per heavy atom. The normalized spacial score (nSPS) is 17.9. The number of carbonyl (C=O) groups is 2. The number of anilines is 1. The molecule has 0 radical (unpaired) electrons. The number of hydrogen-bond acceptors (Lipinski definition) is 6. The van der Waals surface area contributed by atoms with Crippen LogP contribution in [0.4, 0.5) is 14.9 Å². The second-order valence-electron chi connectivity index (χ2n) is 10.5. The van der Waals surface area contributed by atoms with Crippen molar-refractivity contribution in [3.8, 4) is 16.9 Å². The summed E-state index contributed by atoms with van der Waals surface area (Å²) >= 11 is 6.00. The molecule has 0 saturated heterocycles. The predicted molar refractivity (Wildman–Crippen MR) is 143 cm³/mol. The molecule has 3 N–H and O–H groups in total. The fourth-order valence-corrected chi connectivity index (χ4v) is 4.80. The number of ether oxygens (including phenoxy) is 1. The summed E-state index contributed by atoms with van der Waals surface area (Å²) < 4.78 is 19.5. The van der Waals surface area contributed by atoms with Crippen LogP contribution < -0.4 is 10.6 Å². The number of aromatic hydroxyl groups is 1. The molecule has 1 amide bonds. The van der Waals surface area contributed by atoms with Gasteiger partial charge in [-0.05, 0) is 88.8 Å². The fourth-order valence-electron chi connectivity index (χ4n) is 4.59. The maximum atomic E-state index is 14.2. The number of amides is 1. The number of pyridine rings is 1. The van der Waals surface area contributed by atoms with Crippen molar-refractivity contribution in [2.24, 2.45) is 0 Å². The summed E-state index contributed by atoms with van der Waals surface area (Å²) in [5.74, 6) is -1.53. The van der Waals surface area contributed by atoms with Crippen LogP contribution in [0.25, 0.3) is 22.0 Å². The average molecular weight is 528 g/mol. The zero-order valence-corrected chi connectivity index (χ0v) is 22.1. The van der Waals surface area contributed by atoms with Crippen LogP contribution in [0.3, 0.4) is 0 Å². The van der Waals surface area contributed by atoms with Crippen molar-refractivity contribution < 1.29 is 23.8 Å². The van der Waals surface area contributed by atoms with Crippen molar-refractivity contribution in [2.75, 3.05) is 5.32 Å². The van der Waals surface area contributed by atoms with E-state index in [2.05, 4.69) is 15.6 Å². The minimum absolute atomic E-state index is 0.0232. The molecule has 2 aromatic carbocycles. The number of carbonyl (C=O) groups excluding carboxylic acids is 2. The molecule has 1 aliphatic rings. The first-order chi connectivity index (χ1) is 17.4. The molecule has 4 rings (SSSR count). The molecule has 0 bridgehead atoms. The molecule has 1 aliphatic carbocycles. The molecule has 1 heterocycles. The minimum Gasteiger partial charge on any atom is -0.504 e. The van der Waals surface area contributed by atoms with Gasteiger partial charge in [0.25, 0.3) is 0 Å². The molecule has 1 fully saturated rings. The Morgan fingerprint density at radius 3 is 2.38 bits per heavy atom. The molecular weight excluding hydrogens is 497 g/mol. The molecule has 0 aliphatic heterocycles. The van der Waals surface area contributed by atoms with E-state index in [1.165, 1.54) is 19.1 Å². The van der Waals surface area contributed by atoms with Crippen LogP contribution in [0.5, 0.6) is 5.75 Å². The lowest BCUT2D eigenvalue weighted by Gasteiger charge is -2.31. The summed E-state index contributed by atoms with van der Waals surface area (Å²) in [6.07, 6.45) is 4.28. The van der Waals surface area contributed by atoms with Crippen LogP contribution in [-0.4, -0.2) is 39.7 Å². The highest BCUT2D eigenvalue weighted by molar-refractivity contribution is 6.32. The number of nitrogens with zero attached hydrogens (tertiary/aromatic N) is 1. The van der Waals surface area contributed by atoms with E-state index >= 15 is 0 Å². The number of nitrogens with one attached hydrogen (secondary N) is 2. The first kappa shape index (κ1) is 26.7. The first-order valence-electron chi connectivity index (χ1n) is 12.3. The van der Waals surface area contributed by atoms with Gasteiger partial charge >= 0.3 is 6.09 Å². The summed E-state index contributed by atoms with van der Waals surface area (Å²) in [4.78, 5) is 29.1. The van der Waals surface area contributed by atoms with Gasteiger partial charge in [-0.3, -0.25) is 9.78 Å². The Morgan fingerprint density at radius 2 is 1.76 bits per heavy atom. The number of rotatable bonds is 5. The molecule has 3 aromatic rings. The van der Waals surface area contributed by atoms with Gasteiger partial charge < -0.3 is 20.5 Å². The van der Waals surface area contributed by atoms with Crippen LogP contribution >= 0.6 is 11.6 Å². The summed E-state index contributed by atoms with van der Waals surface area (Å²) in [6, 6.07) is 8.27. The summed E-state index contributed by atoms with van der Waals surface area (Å²) in [5.41, 5.74) is 2.44. The third-order valence-corrected chi connectivity index (χ3v) is 6.68. The highest BCUT2D eigenvalue weighted by Gasteiger charge is 2.26. The van der Waals surface area contributed by atoms with Crippen molar-refractivity contribution >= 4 is 40.1 Å². The monoisotopic (exact) mass is 527 g/mol. The van der Waals surface area contributed by atoms with Crippen LogP contribution in [-0.2, 0) is 4.74 Å². The topological polar surface area (TPSA) is 101 Å².